The second-order valence-electron chi connectivity index (χ2n) is 5.42. The lowest BCUT2D eigenvalue weighted by atomic mass is 10.1. The van der Waals surface area contributed by atoms with Crippen molar-refractivity contribution in [1.29, 1.82) is 5.26 Å². The number of carbonyl (C=O) groups is 1. The quantitative estimate of drug-likeness (QED) is 0.708. The van der Waals surface area contributed by atoms with Crippen LogP contribution in [0.5, 0.6) is 5.75 Å². The zero-order valence-electron chi connectivity index (χ0n) is 14.5. The Morgan fingerprint density at radius 1 is 1.44 bits per heavy atom. The zero-order chi connectivity index (χ0) is 19.6. The van der Waals surface area contributed by atoms with Crippen LogP contribution in [0, 0.1) is 11.3 Å². The van der Waals surface area contributed by atoms with E-state index in [2.05, 4.69) is 20.0 Å². The molecule has 0 aliphatic heterocycles. The van der Waals surface area contributed by atoms with E-state index >= 15 is 0 Å². The molecule has 0 radical (unpaired) electrons. The number of nitrogens with one attached hydrogen (secondary N) is 1. The van der Waals surface area contributed by atoms with Crippen molar-refractivity contribution >= 4 is 22.8 Å². The number of halogens is 2. The maximum Gasteiger partial charge on any atom is 0.387 e. The number of carbonyl (C=O) groups excluding carboxylic acids is 1. The number of amides is 1. The molecule has 2 heterocycles. The van der Waals surface area contributed by atoms with Gasteiger partial charge in [-0.05, 0) is 19.1 Å². The predicted octanol–water partition coefficient (Wildman–Crippen LogP) is 3.33. The average molecular weight is 375 g/mol. The summed E-state index contributed by atoms with van der Waals surface area (Å²) in [6.45, 7) is 1.06. The molecule has 1 amide bonds. The van der Waals surface area contributed by atoms with Crippen molar-refractivity contribution in [2.75, 3.05) is 5.32 Å². The zero-order valence-corrected chi connectivity index (χ0v) is 14.5. The fourth-order valence-corrected chi connectivity index (χ4v) is 2.56. The van der Waals surface area contributed by atoms with Gasteiger partial charge in [-0.1, -0.05) is 6.92 Å². The Balaban J connectivity index is 2.04. The first-order valence-electron chi connectivity index (χ1n) is 8.12. The van der Waals surface area contributed by atoms with Gasteiger partial charge in [0.15, 0.2) is 34.3 Å². The largest absolute Gasteiger partial charge is 0.440 e. The molecule has 0 unspecified atom stereocenters. The Kier molecular flexibility index (Phi) is 5.03. The van der Waals surface area contributed by atoms with E-state index in [0.717, 1.165) is 0 Å². The van der Waals surface area contributed by atoms with Crippen LogP contribution >= 0.6 is 0 Å². The number of fused-ring (bicyclic) bond motifs is 1. The van der Waals surface area contributed by atoms with Crippen molar-refractivity contribution < 1.29 is 22.7 Å². The van der Waals surface area contributed by atoms with E-state index in [1.165, 1.54) is 18.5 Å². The smallest absolute Gasteiger partial charge is 0.387 e. The lowest BCUT2D eigenvalue weighted by Crippen LogP contribution is -2.16. The van der Waals surface area contributed by atoms with Gasteiger partial charge in [-0.3, -0.25) is 4.79 Å². The van der Waals surface area contributed by atoms with Gasteiger partial charge in [-0.15, -0.1) is 0 Å². The molecule has 0 saturated heterocycles. The van der Waals surface area contributed by atoms with Crippen LogP contribution in [0.4, 0.5) is 14.6 Å². The summed E-state index contributed by atoms with van der Waals surface area (Å²) in [6, 6.07) is 4.44. The van der Waals surface area contributed by atoms with E-state index in [1.807, 2.05) is 13.0 Å². The van der Waals surface area contributed by atoms with Crippen molar-refractivity contribution in [3.63, 3.8) is 0 Å². The lowest BCUT2D eigenvalue weighted by molar-refractivity contribution is -0.0489. The minimum absolute atomic E-state index is 0.0311. The average Bonchev–Trinajstić information content (AvgIpc) is 3.25. The Morgan fingerprint density at radius 3 is 2.85 bits per heavy atom. The molecule has 0 saturated carbocycles. The van der Waals surface area contributed by atoms with Gasteiger partial charge in [0.05, 0.1) is 11.9 Å². The summed E-state index contributed by atoms with van der Waals surface area (Å²) in [5, 5.41) is 11.8. The summed E-state index contributed by atoms with van der Waals surface area (Å²) in [5.41, 5.74) is 0.199. The van der Waals surface area contributed by atoms with Crippen LogP contribution in [0.25, 0.3) is 11.1 Å². The molecule has 3 aromatic rings. The molecule has 10 heteroatoms. The molecular weight excluding hydrogens is 360 g/mol. The van der Waals surface area contributed by atoms with Crippen molar-refractivity contribution in [2.24, 2.45) is 0 Å². The summed E-state index contributed by atoms with van der Waals surface area (Å²) in [6.07, 6.45) is 1.85. The molecule has 3 rings (SSSR count). The number of hydrogen-bond acceptors (Lipinski definition) is 6. The van der Waals surface area contributed by atoms with Crippen LogP contribution in [0.15, 0.2) is 22.9 Å². The highest BCUT2D eigenvalue weighted by atomic mass is 19.3. The first-order valence-corrected chi connectivity index (χ1v) is 8.12. The Morgan fingerprint density at radius 2 is 2.22 bits per heavy atom. The fraction of sp³-hybridized carbons (Fsp3) is 0.294. The number of aryl methyl sites for hydroxylation is 2. The van der Waals surface area contributed by atoms with Gasteiger partial charge in [0, 0.05) is 13.0 Å². The standard InChI is InChI=1S/C17H15F2N5O3/c1-3-12-22-13-11(26-17(18)19)6-5-9(14(13)27-12)16(25)23-15-10(7-20)21-8-24(15)4-2/h5-6,8,17H,3-4H2,1-2H3,(H,23,25). The molecule has 27 heavy (non-hydrogen) atoms. The molecular formula is C17H15F2N5O3. The van der Waals surface area contributed by atoms with E-state index < -0.39 is 12.5 Å². The molecule has 8 nitrogen and oxygen atoms in total. The number of aromatic nitrogens is 3. The van der Waals surface area contributed by atoms with Gasteiger partial charge in [0.25, 0.3) is 5.91 Å². The topological polar surface area (TPSA) is 106 Å². The number of nitriles is 1. The second kappa shape index (κ2) is 7.41. The van der Waals surface area contributed by atoms with Gasteiger partial charge in [0.1, 0.15) is 6.07 Å². The van der Waals surface area contributed by atoms with E-state index in [-0.39, 0.29) is 39.8 Å². The highest BCUT2D eigenvalue weighted by molar-refractivity contribution is 6.11. The van der Waals surface area contributed by atoms with Crippen LogP contribution in [0.3, 0.4) is 0 Å². The third-order valence-corrected chi connectivity index (χ3v) is 3.83. The number of rotatable bonds is 6. The first-order chi connectivity index (χ1) is 13.0. The molecule has 0 aliphatic carbocycles. The summed E-state index contributed by atoms with van der Waals surface area (Å²) >= 11 is 0. The first kappa shape index (κ1) is 18.3. The maximum absolute atomic E-state index is 12.8. The second-order valence-corrected chi connectivity index (χ2v) is 5.42. The Bertz CT molecular complexity index is 1040. The van der Waals surface area contributed by atoms with E-state index in [9.17, 15) is 13.6 Å². The lowest BCUT2D eigenvalue weighted by Gasteiger charge is -2.09. The van der Waals surface area contributed by atoms with Crippen molar-refractivity contribution in [3.8, 4) is 11.8 Å². The minimum Gasteiger partial charge on any atom is -0.440 e. The van der Waals surface area contributed by atoms with Gasteiger partial charge < -0.3 is 19.0 Å². The summed E-state index contributed by atoms with van der Waals surface area (Å²) < 4.78 is 36.8. The molecule has 140 valence electrons. The van der Waals surface area contributed by atoms with Gasteiger partial charge >= 0.3 is 6.61 Å². The number of nitrogens with zero attached hydrogens (tertiary/aromatic N) is 4. The number of benzene rings is 1. The number of alkyl halides is 2. The summed E-state index contributed by atoms with van der Waals surface area (Å²) in [7, 11) is 0. The van der Waals surface area contributed by atoms with Crippen LogP contribution < -0.4 is 10.1 Å². The van der Waals surface area contributed by atoms with Crippen LogP contribution in [0.2, 0.25) is 0 Å². The molecule has 1 N–H and O–H groups in total. The molecule has 0 fully saturated rings. The third kappa shape index (κ3) is 3.44. The molecule has 0 atom stereocenters. The summed E-state index contributed by atoms with van der Waals surface area (Å²) in [5.74, 6) is -0.257. The Labute approximate surface area is 152 Å². The number of imidazole rings is 1. The van der Waals surface area contributed by atoms with E-state index in [4.69, 9.17) is 9.68 Å². The third-order valence-electron chi connectivity index (χ3n) is 3.83. The van der Waals surface area contributed by atoms with Crippen molar-refractivity contribution in [2.45, 2.75) is 33.4 Å². The van der Waals surface area contributed by atoms with Gasteiger partial charge in [-0.2, -0.15) is 14.0 Å². The maximum atomic E-state index is 12.8. The number of ether oxygens (including phenoxy) is 1. The van der Waals surface area contributed by atoms with Crippen LogP contribution in [0.1, 0.15) is 35.8 Å². The molecule has 0 spiro atoms. The number of oxazole rings is 1. The highest BCUT2D eigenvalue weighted by Gasteiger charge is 2.22. The van der Waals surface area contributed by atoms with E-state index in [1.54, 1.807) is 11.5 Å². The summed E-state index contributed by atoms with van der Waals surface area (Å²) in [4.78, 5) is 20.8. The number of anilines is 1. The molecule has 1 aromatic carbocycles. The fourth-order valence-electron chi connectivity index (χ4n) is 2.56. The van der Waals surface area contributed by atoms with E-state index in [0.29, 0.717) is 13.0 Å². The Hall–Kier alpha value is -3.48. The SMILES string of the molecule is CCc1nc2c(OC(F)F)ccc(C(=O)Nc3c(C#N)ncn3CC)c2o1. The van der Waals surface area contributed by atoms with Gasteiger partial charge in [-0.25, -0.2) is 9.97 Å². The van der Waals surface area contributed by atoms with Crippen molar-refractivity contribution in [1.82, 2.24) is 14.5 Å². The van der Waals surface area contributed by atoms with Crippen LogP contribution in [-0.2, 0) is 13.0 Å². The molecule has 0 aliphatic rings. The predicted molar refractivity (Wildman–Crippen MR) is 90.6 cm³/mol. The minimum atomic E-state index is -3.04. The number of hydrogen-bond donors (Lipinski definition) is 1. The van der Waals surface area contributed by atoms with Crippen molar-refractivity contribution in [3.05, 3.63) is 35.6 Å². The molecule has 2 aromatic heterocycles. The van der Waals surface area contributed by atoms with Crippen LogP contribution in [-0.4, -0.2) is 27.1 Å². The molecule has 0 bridgehead atoms. The monoisotopic (exact) mass is 375 g/mol. The highest BCUT2D eigenvalue weighted by Crippen LogP contribution is 2.31. The normalized spacial score (nSPS) is 11.0. The van der Waals surface area contributed by atoms with Gasteiger partial charge in [0.2, 0.25) is 0 Å².